The zero-order valence-corrected chi connectivity index (χ0v) is 6.89. The van der Waals surface area contributed by atoms with Gasteiger partial charge in [0.25, 0.3) is 0 Å². The Balaban J connectivity index is 2.60. The van der Waals surface area contributed by atoms with Crippen LogP contribution in [-0.4, -0.2) is 5.97 Å². The van der Waals surface area contributed by atoms with Crippen LogP contribution < -0.4 is 0 Å². The van der Waals surface area contributed by atoms with Gasteiger partial charge in [-0.05, 0) is 12.1 Å². The van der Waals surface area contributed by atoms with E-state index in [4.69, 9.17) is 0 Å². The smallest absolute Gasteiger partial charge is 0.416 e. The lowest BCUT2D eigenvalue weighted by atomic mass is 10.0. The second-order valence-corrected chi connectivity index (χ2v) is 2.91. The first-order valence-electron chi connectivity index (χ1n) is 3.86. The Hall–Kier alpha value is -1.52. The minimum absolute atomic E-state index is 0.0137. The third-order valence-corrected chi connectivity index (χ3v) is 2.05. The number of ether oxygens (including phenoxy) is 1. The summed E-state index contributed by atoms with van der Waals surface area (Å²) in [5.41, 5.74) is -0.842. The lowest BCUT2D eigenvalue weighted by Crippen LogP contribution is -2.09. The fraction of sp³-hybridized carbons (Fsp3) is 0.222. The third-order valence-electron chi connectivity index (χ3n) is 2.05. The Morgan fingerprint density at radius 2 is 2.00 bits per heavy atom. The van der Waals surface area contributed by atoms with E-state index in [1.165, 1.54) is 12.1 Å². The van der Waals surface area contributed by atoms with E-state index in [0.29, 0.717) is 0 Å². The molecule has 14 heavy (non-hydrogen) atoms. The standard InChI is InChI=1S/C9H5F3O2/c10-9(11,12)7-3-1-2-5-6(7)4-14-8(5)13/h1-3H,4H2. The molecular weight excluding hydrogens is 197 g/mol. The average molecular weight is 202 g/mol. The molecule has 0 fully saturated rings. The first-order chi connectivity index (χ1) is 6.50. The molecule has 0 radical (unpaired) electrons. The van der Waals surface area contributed by atoms with Crippen molar-refractivity contribution in [3.8, 4) is 0 Å². The molecule has 0 amide bonds. The second kappa shape index (κ2) is 2.73. The van der Waals surface area contributed by atoms with Crippen LogP contribution >= 0.6 is 0 Å². The Bertz CT molecular complexity index is 396. The van der Waals surface area contributed by atoms with Crippen molar-refractivity contribution in [3.63, 3.8) is 0 Å². The third kappa shape index (κ3) is 1.25. The summed E-state index contributed by atoms with van der Waals surface area (Å²) in [6.45, 7) is -0.288. The molecule has 0 aliphatic carbocycles. The summed E-state index contributed by atoms with van der Waals surface area (Å²) in [5, 5.41) is 0. The van der Waals surface area contributed by atoms with Crippen LogP contribution in [0.4, 0.5) is 13.2 Å². The molecule has 5 heteroatoms. The van der Waals surface area contributed by atoms with E-state index in [1.807, 2.05) is 0 Å². The van der Waals surface area contributed by atoms with Crippen molar-refractivity contribution in [1.82, 2.24) is 0 Å². The summed E-state index contributed by atoms with van der Waals surface area (Å²) in [6.07, 6.45) is -4.43. The molecular formula is C9H5F3O2. The Labute approximate surface area is 77.3 Å². The van der Waals surface area contributed by atoms with Crippen LogP contribution in [0, 0.1) is 0 Å². The SMILES string of the molecule is O=C1OCc2c1cccc2C(F)(F)F. The number of carbonyl (C=O) groups is 1. The van der Waals surface area contributed by atoms with Crippen LogP contribution in [0.3, 0.4) is 0 Å². The molecule has 0 atom stereocenters. The van der Waals surface area contributed by atoms with Gasteiger partial charge in [0.15, 0.2) is 0 Å². The van der Waals surface area contributed by atoms with E-state index in [9.17, 15) is 18.0 Å². The lowest BCUT2D eigenvalue weighted by Gasteiger charge is -2.09. The molecule has 0 saturated carbocycles. The molecule has 1 aliphatic rings. The predicted octanol–water partition coefficient (Wildman–Crippen LogP) is 2.38. The number of esters is 1. The molecule has 0 N–H and O–H groups in total. The number of benzene rings is 1. The summed E-state index contributed by atoms with van der Waals surface area (Å²) in [7, 11) is 0. The van der Waals surface area contributed by atoms with E-state index in [2.05, 4.69) is 4.74 Å². The highest BCUT2D eigenvalue weighted by atomic mass is 19.4. The summed E-state index contributed by atoms with van der Waals surface area (Å²) in [6, 6.07) is 3.48. The minimum Gasteiger partial charge on any atom is -0.457 e. The fourth-order valence-corrected chi connectivity index (χ4v) is 1.41. The predicted molar refractivity (Wildman–Crippen MR) is 40.6 cm³/mol. The molecule has 1 aromatic rings. The van der Waals surface area contributed by atoms with Crippen molar-refractivity contribution in [2.24, 2.45) is 0 Å². The van der Waals surface area contributed by atoms with Crippen LogP contribution in [0.15, 0.2) is 18.2 Å². The number of cyclic esters (lactones) is 1. The Kier molecular flexibility index (Phi) is 1.77. The van der Waals surface area contributed by atoms with Gasteiger partial charge in [0.05, 0.1) is 11.1 Å². The van der Waals surface area contributed by atoms with Crippen molar-refractivity contribution in [2.45, 2.75) is 12.8 Å². The number of halogens is 3. The summed E-state index contributed by atoms with van der Waals surface area (Å²) in [4.78, 5) is 11.0. The van der Waals surface area contributed by atoms with Gasteiger partial charge in [-0.25, -0.2) is 4.79 Å². The van der Waals surface area contributed by atoms with E-state index in [1.54, 1.807) is 0 Å². The van der Waals surface area contributed by atoms with Gasteiger partial charge in [0.1, 0.15) is 6.61 Å². The molecule has 2 nitrogen and oxygen atoms in total. The maximum Gasteiger partial charge on any atom is 0.416 e. The van der Waals surface area contributed by atoms with Gasteiger partial charge < -0.3 is 4.74 Å². The van der Waals surface area contributed by atoms with Crippen LogP contribution in [0.25, 0.3) is 0 Å². The Morgan fingerprint density at radius 3 is 2.64 bits per heavy atom. The van der Waals surface area contributed by atoms with E-state index in [0.717, 1.165) is 6.07 Å². The summed E-state index contributed by atoms with van der Waals surface area (Å²) in [5.74, 6) is -0.689. The lowest BCUT2D eigenvalue weighted by molar-refractivity contribution is -0.138. The minimum atomic E-state index is -4.43. The molecule has 2 rings (SSSR count). The number of alkyl halides is 3. The highest BCUT2D eigenvalue weighted by Crippen LogP contribution is 2.35. The van der Waals surface area contributed by atoms with Gasteiger partial charge >= 0.3 is 12.1 Å². The van der Waals surface area contributed by atoms with Gasteiger partial charge in [-0.3, -0.25) is 0 Å². The van der Waals surface area contributed by atoms with Crippen LogP contribution in [0.2, 0.25) is 0 Å². The van der Waals surface area contributed by atoms with Gasteiger partial charge in [-0.15, -0.1) is 0 Å². The maximum atomic E-state index is 12.4. The van der Waals surface area contributed by atoms with E-state index in [-0.39, 0.29) is 17.7 Å². The molecule has 0 spiro atoms. The van der Waals surface area contributed by atoms with Crippen molar-refractivity contribution in [1.29, 1.82) is 0 Å². The van der Waals surface area contributed by atoms with Crippen molar-refractivity contribution in [2.75, 3.05) is 0 Å². The van der Waals surface area contributed by atoms with Crippen molar-refractivity contribution < 1.29 is 22.7 Å². The maximum absolute atomic E-state index is 12.4. The first-order valence-corrected chi connectivity index (χ1v) is 3.86. The molecule has 0 saturated heterocycles. The van der Waals surface area contributed by atoms with Gasteiger partial charge in [0, 0.05) is 5.56 Å². The molecule has 74 valence electrons. The zero-order chi connectivity index (χ0) is 10.3. The van der Waals surface area contributed by atoms with Gasteiger partial charge in [-0.2, -0.15) is 13.2 Å². The molecule has 0 unspecified atom stereocenters. The monoisotopic (exact) mass is 202 g/mol. The van der Waals surface area contributed by atoms with Crippen molar-refractivity contribution >= 4 is 5.97 Å². The zero-order valence-electron chi connectivity index (χ0n) is 6.89. The number of rotatable bonds is 0. The first kappa shape index (κ1) is 9.05. The normalized spacial score (nSPS) is 15.2. The fourth-order valence-electron chi connectivity index (χ4n) is 1.41. The van der Waals surface area contributed by atoms with Gasteiger partial charge in [0.2, 0.25) is 0 Å². The number of fused-ring (bicyclic) bond motifs is 1. The van der Waals surface area contributed by atoms with E-state index >= 15 is 0 Å². The molecule has 1 aliphatic heterocycles. The Morgan fingerprint density at radius 1 is 1.29 bits per heavy atom. The highest BCUT2D eigenvalue weighted by Gasteiger charge is 2.37. The molecule has 1 heterocycles. The topological polar surface area (TPSA) is 26.3 Å². The summed E-state index contributed by atoms with van der Waals surface area (Å²) >= 11 is 0. The molecule has 0 aromatic heterocycles. The highest BCUT2D eigenvalue weighted by molar-refractivity contribution is 5.93. The number of hydrogen-bond acceptors (Lipinski definition) is 2. The number of hydrogen-bond donors (Lipinski definition) is 0. The van der Waals surface area contributed by atoms with Crippen molar-refractivity contribution in [3.05, 3.63) is 34.9 Å². The van der Waals surface area contributed by atoms with Gasteiger partial charge in [-0.1, -0.05) is 6.07 Å². The van der Waals surface area contributed by atoms with Crippen LogP contribution in [-0.2, 0) is 17.5 Å². The summed E-state index contributed by atoms with van der Waals surface area (Å²) < 4.78 is 41.7. The van der Waals surface area contributed by atoms with Crippen LogP contribution in [0.5, 0.6) is 0 Å². The van der Waals surface area contributed by atoms with E-state index < -0.39 is 17.7 Å². The molecule has 0 bridgehead atoms. The number of carbonyl (C=O) groups excluding carboxylic acids is 1. The second-order valence-electron chi connectivity index (χ2n) is 2.91. The quantitative estimate of drug-likeness (QED) is 0.603. The van der Waals surface area contributed by atoms with Crippen LogP contribution in [0.1, 0.15) is 21.5 Å². The molecule has 1 aromatic carbocycles. The average Bonchev–Trinajstić information content (AvgIpc) is 2.46. The largest absolute Gasteiger partial charge is 0.457 e.